The third kappa shape index (κ3) is 2.21. The van der Waals surface area contributed by atoms with Crippen molar-refractivity contribution >= 4 is 28.0 Å². The normalized spacial score (nSPS) is 18.9. The Hall–Kier alpha value is -1.89. The number of para-hydroxylation sites is 1. The first-order valence-electron chi connectivity index (χ1n) is 5.40. The van der Waals surface area contributed by atoms with Gasteiger partial charge in [0.05, 0.1) is 5.69 Å². The van der Waals surface area contributed by atoms with Gasteiger partial charge in [0, 0.05) is 11.6 Å². The molecule has 0 radical (unpaired) electrons. The van der Waals surface area contributed by atoms with E-state index in [2.05, 4.69) is 15.0 Å². The van der Waals surface area contributed by atoms with E-state index in [1.807, 2.05) is 13.8 Å². The molecule has 96 valence electrons. The van der Waals surface area contributed by atoms with Gasteiger partial charge in [0.25, 0.3) is 10.0 Å². The summed E-state index contributed by atoms with van der Waals surface area (Å²) in [5, 5.41) is 2.83. The molecule has 2 rings (SSSR count). The van der Waals surface area contributed by atoms with Crippen molar-refractivity contribution in [1.82, 2.24) is 4.72 Å². The maximum absolute atomic E-state index is 12.0. The molecule has 0 fully saturated rings. The molecule has 18 heavy (non-hydrogen) atoms. The van der Waals surface area contributed by atoms with E-state index < -0.39 is 10.0 Å². The van der Waals surface area contributed by atoms with Crippen molar-refractivity contribution in [2.24, 2.45) is 4.99 Å². The van der Waals surface area contributed by atoms with Crippen molar-refractivity contribution in [2.75, 3.05) is 5.32 Å². The highest BCUT2D eigenvalue weighted by molar-refractivity contribution is 7.90. The van der Waals surface area contributed by atoms with E-state index in [4.69, 9.17) is 0 Å². The molecular weight excluding hydrogens is 254 g/mol. The molecule has 6 nitrogen and oxygen atoms in total. The number of aldehydes is 1. The summed E-state index contributed by atoms with van der Waals surface area (Å²) in [7, 11) is -3.67. The molecule has 0 bridgehead atoms. The number of aliphatic imine (C=N–C) groups is 1. The molecule has 1 aromatic carbocycles. The monoisotopic (exact) mass is 267 g/mol. The number of sulfonamides is 1. The van der Waals surface area contributed by atoms with Gasteiger partial charge in [-0.2, -0.15) is 0 Å². The number of nitrogens with zero attached hydrogens (tertiary/aromatic N) is 1. The fourth-order valence-corrected chi connectivity index (χ4v) is 2.81. The lowest BCUT2D eigenvalue weighted by molar-refractivity contribution is 0.112. The summed E-state index contributed by atoms with van der Waals surface area (Å²) in [6, 6.07) is 4.44. The van der Waals surface area contributed by atoms with Crippen LogP contribution in [0.25, 0.3) is 0 Å². The maximum Gasteiger partial charge on any atom is 0.266 e. The molecule has 1 aliphatic rings. The Balaban J connectivity index is 2.61. The van der Waals surface area contributed by atoms with Crippen LogP contribution >= 0.6 is 0 Å². The summed E-state index contributed by atoms with van der Waals surface area (Å²) < 4.78 is 26.3. The van der Waals surface area contributed by atoms with Crippen LogP contribution in [0.5, 0.6) is 0 Å². The Morgan fingerprint density at radius 3 is 2.67 bits per heavy atom. The summed E-state index contributed by atoms with van der Waals surface area (Å²) in [5.74, 6) is 0.131. The van der Waals surface area contributed by atoms with E-state index in [1.54, 1.807) is 6.07 Å². The van der Waals surface area contributed by atoms with Crippen molar-refractivity contribution in [3.8, 4) is 0 Å². The Labute approximate surface area is 105 Å². The van der Waals surface area contributed by atoms with Gasteiger partial charge in [-0.3, -0.25) is 4.79 Å². The summed E-state index contributed by atoms with van der Waals surface area (Å²) in [5.41, 5.74) is 0.555. The van der Waals surface area contributed by atoms with Gasteiger partial charge in [-0.15, -0.1) is 0 Å². The van der Waals surface area contributed by atoms with Gasteiger partial charge < -0.3 is 5.32 Å². The van der Waals surface area contributed by atoms with Crippen LogP contribution in [0, 0.1) is 0 Å². The molecule has 1 aliphatic heterocycles. The van der Waals surface area contributed by atoms with Crippen molar-refractivity contribution in [3.63, 3.8) is 0 Å². The first-order chi connectivity index (χ1) is 8.44. The van der Waals surface area contributed by atoms with E-state index in [9.17, 15) is 13.2 Å². The van der Waals surface area contributed by atoms with Crippen LogP contribution in [-0.4, -0.2) is 26.7 Å². The third-order valence-corrected chi connectivity index (χ3v) is 3.72. The smallest absolute Gasteiger partial charge is 0.266 e. The SMILES string of the molecule is CC(C)N=C1Nc2c(C=O)cccc2S(=O)(=O)N1. The topological polar surface area (TPSA) is 87.6 Å². The summed E-state index contributed by atoms with van der Waals surface area (Å²) in [6.07, 6.45) is 0.611. The largest absolute Gasteiger partial charge is 0.324 e. The number of carbonyl (C=O) groups is 1. The minimum absolute atomic E-state index is 0.0507. The minimum atomic E-state index is -3.67. The first kappa shape index (κ1) is 12.6. The molecule has 2 N–H and O–H groups in total. The van der Waals surface area contributed by atoms with Gasteiger partial charge >= 0.3 is 0 Å². The Bertz CT molecular complexity index is 620. The lowest BCUT2D eigenvalue weighted by Crippen LogP contribution is -2.41. The fourth-order valence-electron chi connectivity index (χ4n) is 1.65. The van der Waals surface area contributed by atoms with Crippen LogP contribution in [0.4, 0.5) is 5.69 Å². The average molecular weight is 267 g/mol. The van der Waals surface area contributed by atoms with Crippen LogP contribution in [0.15, 0.2) is 28.1 Å². The lowest BCUT2D eigenvalue weighted by atomic mass is 10.2. The second-order valence-electron chi connectivity index (χ2n) is 4.14. The molecule has 0 aromatic heterocycles. The highest BCUT2D eigenvalue weighted by atomic mass is 32.2. The predicted octanol–water partition coefficient (Wildman–Crippen LogP) is 0.967. The predicted molar refractivity (Wildman–Crippen MR) is 68.3 cm³/mol. The molecule has 0 spiro atoms. The standard InChI is InChI=1S/C11H13N3O3S/c1-7(2)12-11-13-10-8(6-15)4-3-5-9(10)18(16,17)14-11/h3-7H,1-2H3,(H2,12,13,14). The second kappa shape index (κ2) is 4.41. The quantitative estimate of drug-likeness (QED) is 0.781. The maximum atomic E-state index is 12.0. The number of rotatable bonds is 2. The number of nitrogens with one attached hydrogen (secondary N) is 2. The molecule has 0 saturated carbocycles. The Morgan fingerprint density at radius 2 is 2.06 bits per heavy atom. The Kier molecular flexibility index (Phi) is 3.08. The molecule has 0 atom stereocenters. The molecule has 0 saturated heterocycles. The first-order valence-corrected chi connectivity index (χ1v) is 6.88. The fraction of sp³-hybridized carbons (Fsp3) is 0.273. The molecular formula is C11H13N3O3S. The second-order valence-corrected chi connectivity index (χ2v) is 5.79. The Morgan fingerprint density at radius 1 is 1.33 bits per heavy atom. The number of benzene rings is 1. The molecule has 0 amide bonds. The molecule has 1 heterocycles. The number of hydrogen-bond donors (Lipinski definition) is 2. The molecule has 1 aromatic rings. The van der Waals surface area contributed by atoms with Crippen LogP contribution in [0.1, 0.15) is 24.2 Å². The van der Waals surface area contributed by atoms with Crippen molar-refractivity contribution in [3.05, 3.63) is 23.8 Å². The van der Waals surface area contributed by atoms with E-state index in [-0.39, 0.29) is 28.1 Å². The number of fused-ring (bicyclic) bond motifs is 1. The zero-order valence-electron chi connectivity index (χ0n) is 9.97. The van der Waals surface area contributed by atoms with E-state index in [1.165, 1.54) is 12.1 Å². The highest BCUT2D eigenvalue weighted by Gasteiger charge is 2.28. The zero-order valence-corrected chi connectivity index (χ0v) is 10.8. The summed E-state index contributed by atoms with van der Waals surface area (Å²) in [6.45, 7) is 3.65. The van der Waals surface area contributed by atoms with E-state index in [0.717, 1.165) is 0 Å². The van der Waals surface area contributed by atoms with Crippen LogP contribution in [0.3, 0.4) is 0 Å². The van der Waals surface area contributed by atoms with Crippen molar-refractivity contribution in [1.29, 1.82) is 0 Å². The summed E-state index contributed by atoms with van der Waals surface area (Å²) >= 11 is 0. The molecule has 0 aliphatic carbocycles. The van der Waals surface area contributed by atoms with Gasteiger partial charge in [-0.1, -0.05) is 6.07 Å². The van der Waals surface area contributed by atoms with E-state index in [0.29, 0.717) is 6.29 Å². The average Bonchev–Trinajstić information content (AvgIpc) is 2.26. The third-order valence-electron chi connectivity index (χ3n) is 2.34. The lowest BCUT2D eigenvalue weighted by Gasteiger charge is -2.23. The number of guanidine groups is 1. The summed E-state index contributed by atoms with van der Waals surface area (Å²) in [4.78, 5) is 15.1. The number of hydrogen-bond acceptors (Lipinski definition) is 4. The van der Waals surface area contributed by atoms with Gasteiger partial charge in [0.1, 0.15) is 4.90 Å². The van der Waals surface area contributed by atoms with Crippen LogP contribution < -0.4 is 10.0 Å². The van der Waals surface area contributed by atoms with Gasteiger partial charge in [-0.05, 0) is 26.0 Å². The van der Waals surface area contributed by atoms with Crippen molar-refractivity contribution < 1.29 is 13.2 Å². The van der Waals surface area contributed by atoms with Crippen LogP contribution in [0.2, 0.25) is 0 Å². The van der Waals surface area contributed by atoms with Crippen LogP contribution in [-0.2, 0) is 10.0 Å². The van der Waals surface area contributed by atoms with E-state index >= 15 is 0 Å². The van der Waals surface area contributed by atoms with Gasteiger partial charge in [0.15, 0.2) is 6.29 Å². The zero-order chi connectivity index (χ0) is 13.3. The van der Waals surface area contributed by atoms with Gasteiger partial charge in [0.2, 0.25) is 5.96 Å². The van der Waals surface area contributed by atoms with Gasteiger partial charge in [-0.25, -0.2) is 18.1 Å². The van der Waals surface area contributed by atoms with Crippen molar-refractivity contribution in [2.45, 2.75) is 24.8 Å². The minimum Gasteiger partial charge on any atom is -0.324 e. The molecule has 0 unspecified atom stereocenters. The highest BCUT2D eigenvalue weighted by Crippen LogP contribution is 2.27. The molecule has 7 heteroatoms. The number of carbonyl (C=O) groups excluding carboxylic acids is 1. The number of anilines is 1.